The van der Waals surface area contributed by atoms with Crippen molar-refractivity contribution in [3.05, 3.63) is 60.2 Å². The van der Waals surface area contributed by atoms with Crippen LogP contribution in [0.2, 0.25) is 0 Å². The van der Waals surface area contributed by atoms with Crippen LogP contribution in [0, 0.1) is 0 Å². The minimum absolute atomic E-state index is 0. The Morgan fingerprint density at radius 1 is 0.577 bits per heavy atom. The molecule has 0 spiro atoms. The van der Waals surface area contributed by atoms with Gasteiger partial charge in [0.15, 0.2) is 0 Å². The molecular formula is C24H38AgFe-6. The summed E-state index contributed by atoms with van der Waals surface area (Å²) < 4.78 is 0. The Balaban J connectivity index is 0. The number of unbranched alkanes of at least 4 members (excludes halogenated alkanes) is 11. The maximum atomic E-state index is 2.29. The molecule has 2 aromatic carbocycles. The van der Waals surface area contributed by atoms with E-state index in [0.717, 1.165) is 0 Å². The minimum atomic E-state index is 0. The van der Waals surface area contributed by atoms with Crippen LogP contribution >= 0.6 is 0 Å². The van der Waals surface area contributed by atoms with Crippen LogP contribution in [0.4, 0.5) is 0 Å². The Hall–Kier alpha value is -0.0403. The van der Waals surface area contributed by atoms with E-state index in [1.807, 2.05) is 30.3 Å². The van der Waals surface area contributed by atoms with Crippen LogP contribution in [-0.2, 0) is 45.9 Å². The Morgan fingerprint density at radius 3 is 1.31 bits per heavy atom. The normalized spacial score (nSPS) is 9.58. The van der Waals surface area contributed by atoms with E-state index in [1.54, 1.807) is 0 Å². The first-order valence-corrected chi connectivity index (χ1v) is 10.3. The Morgan fingerprint density at radius 2 is 0.923 bits per heavy atom. The molecule has 0 fully saturated rings. The van der Waals surface area contributed by atoms with Crippen molar-refractivity contribution < 1.29 is 39.4 Å². The van der Waals surface area contributed by atoms with Gasteiger partial charge in [0, 0.05) is 39.4 Å². The minimum Gasteiger partial charge on any atom is -0.748 e. The first-order chi connectivity index (χ1) is 11.9. The van der Waals surface area contributed by atoms with Gasteiger partial charge in [-0.1, -0.05) is 90.4 Å². The molecule has 2 heteroatoms. The Bertz CT molecular complexity index is 402. The molecule has 0 bridgehead atoms. The molecule has 0 aliphatic carbocycles. The van der Waals surface area contributed by atoms with Gasteiger partial charge in [-0.2, -0.15) is 17.7 Å². The van der Waals surface area contributed by atoms with Gasteiger partial charge in [0.25, 0.3) is 0 Å². The van der Waals surface area contributed by atoms with Crippen LogP contribution in [0.15, 0.2) is 54.6 Å². The zero-order valence-electron chi connectivity index (χ0n) is 16.5. The van der Waals surface area contributed by atoms with E-state index in [-0.39, 0.29) is 39.4 Å². The van der Waals surface area contributed by atoms with Crippen molar-refractivity contribution in [2.75, 3.05) is 0 Å². The summed E-state index contributed by atoms with van der Waals surface area (Å²) in [7, 11) is 0. The van der Waals surface area contributed by atoms with Crippen molar-refractivity contribution in [3.63, 3.8) is 0 Å². The molecule has 26 heavy (non-hydrogen) atoms. The first kappa shape index (κ1) is 28.2. The monoisotopic (exact) mass is 489 g/mol. The molecule has 0 heterocycles. The number of aryl methyl sites for hydroxylation is 1. The van der Waals surface area contributed by atoms with Gasteiger partial charge in [0.05, 0.1) is 0 Å². The Kier molecular flexibility index (Phi) is 24.9. The quantitative estimate of drug-likeness (QED) is 0.151. The number of rotatable bonds is 13. The molecule has 0 nitrogen and oxygen atoms in total. The Labute approximate surface area is 189 Å². The van der Waals surface area contributed by atoms with E-state index in [1.165, 1.54) is 89.0 Å². The van der Waals surface area contributed by atoms with E-state index in [9.17, 15) is 0 Å². The fraction of sp³-hybridized carbons (Fsp3) is 0.583. The average molecular weight is 490 g/mol. The maximum absolute atomic E-state index is 2.29. The molecule has 0 unspecified atom stereocenters. The van der Waals surface area contributed by atoms with Crippen LogP contribution < -0.4 is 0 Å². The average Bonchev–Trinajstić information content (AvgIpc) is 3.32. The summed E-state index contributed by atoms with van der Waals surface area (Å²) in [5.41, 5.74) is 1.52. The molecule has 0 amide bonds. The van der Waals surface area contributed by atoms with Gasteiger partial charge in [0.2, 0.25) is 0 Å². The van der Waals surface area contributed by atoms with Crippen LogP contribution in [0.3, 0.4) is 0 Å². The fourth-order valence-corrected chi connectivity index (χ4v) is 3.07. The zero-order valence-corrected chi connectivity index (χ0v) is 19.1. The van der Waals surface area contributed by atoms with E-state index in [0.29, 0.717) is 0 Å². The molecule has 0 N–H and O–H groups in total. The molecule has 0 aliphatic heterocycles. The van der Waals surface area contributed by atoms with Crippen molar-refractivity contribution in [2.45, 2.75) is 90.4 Å². The van der Waals surface area contributed by atoms with Gasteiger partial charge in [-0.15, -0.1) is 0 Å². The van der Waals surface area contributed by atoms with E-state index >= 15 is 0 Å². The summed E-state index contributed by atoms with van der Waals surface area (Å²) in [6.45, 7) is 2.29. The standard InChI is InChI=1S/C19H33.C5H5.Ag.Fe/c1-2-3-4-5-6-7-8-9-10-11-12-13-16-19-17-14-15-18-19;1-2-4-5-3-1;;/h14-15,17-18H,2-13,16H2,1H3;1-5H;;/q-1;-5;;. The number of hydrogen-bond donors (Lipinski definition) is 0. The predicted octanol–water partition coefficient (Wildman–Crippen LogP) is 8.05. The molecule has 0 saturated heterocycles. The third-order valence-electron chi connectivity index (χ3n) is 4.61. The smallest absolute Gasteiger partial charge is 0 e. The summed E-state index contributed by atoms with van der Waals surface area (Å²) in [4.78, 5) is 0. The second kappa shape index (κ2) is 23.0. The molecule has 0 aromatic heterocycles. The topological polar surface area (TPSA) is 0 Å². The molecule has 0 aliphatic rings. The second-order valence-electron chi connectivity index (χ2n) is 6.89. The van der Waals surface area contributed by atoms with Crippen LogP contribution in [0.5, 0.6) is 0 Å². The summed E-state index contributed by atoms with van der Waals surface area (Å²) in [6.07, 6.45) is 18.6. The summed E-state index contributed by atoms with van der Waals surface area (Å²) >= 11 is 0. The zero-order chi connectivity index (χ0) is 17.1. The third kappa shape index (κ3) is 18.7. The van der Waals surface area contributed by atoms with Crippen molar-refractivity contribution in [1.29, 1.82) is 0 Å². The van der Waals surface area contributed by atoms with Crippen molar-refractivity contribution in [1.82, 2.24) is 0 Å². The van der Waals surface area contributed by atoms with Gasteiger partial charge in [0.1, 0.15) is 0 Å². The summed E-state index contributed by atoms with van der Waals surface area (Å²) in [5, 5.41) is 0. The van der Waals surface area contributed by atoms with Crippen LogP contribution in [-0.4, -0.2) is 0 Å². The fourth-order valence-electron chi connectivity index (χ4n) is 3.07. The molecule has 159 valence electrons. The van der Waals surface area contributed by atoms with Gasteiger partial charge >= 0.3 is 0 Å². The van der Waals surface area contributed by atoms with Gasteiger partial charge in [-0.25, -0.2) is 12.1 Å². The van der Waals surface area contributed by atoms with Gasteiger partial charge in [-0.05, 0) is 0 Å². The SMILES string of the molecule is CCCCCCCCCCCCCC[c-]1cccc1.[Ag].[Fe].[cH-]1[cH-][cH-][cH-][cH-]1. The molecular weight excluding hydrogens is 452 g/mol. The van der Waals surface area contributed by atoms with Crippen LogP contribution in [0.25, 0.3) is 0 Å². The van der Waals surface area contributed by atoms with Crippen LogP contribution in [0.1, 0.15) is 89.5 Å². The van der Waals surface area contributed by atoms with Crippen molar-refractivity contribution in [2.24, 2.45) is 0 Å². The van der Waals surface area contributed by atoms with Crippen molar-refractivity contribution in [3.8, 4) is 0 Å². The van der Waals surface area contributed by atoms with E-state index in [4.69, 9.17) is 0 Å². The van der Waals surface area contributed by atoms with E-state index in [2.05, 4.69) is 31.2 Å². The second-order valence-corrected chi connectivity index (χ2v) is 6.89. The summed E-state index contributed by atoms with van der Waals surface area (Å²) in [5.74, 6) is 0. The molecule has 2 aromatic rings. The third-order valence-corrected chi connectivity index (χ3v) is 4.61. The molecule has 0 saturated carbocycles. The largest absolute Gasteiger partial charge is 0.748 e. The van der Waals surface area contributed by atoms with Gasteiger partial charge < -0.3 is 30.3 Å². The molecule has 0 atom stereocenters. The molecule has 2 rings (SSSR count). The number of hydrogen-bond acceptors (Lipinski definition) is 0. The molecule has 1 radical (unpaired) electrons. The van der Waals surface area contributed by atoms with Crippen molar-refractivity contribution >= 4 is 0 Å². The van der Waals surface area contributed by atoms with Gasteiger partial charge in [-0.3, -0.25) is 0 Å². The predicted molar refractivity (Wildman–Crippen MR) is 109 cm³/mol. The first-order valence-electron chi connectivity index (χ1n) is 10.3. The van der Waals surface area contributed by atoms with E-state index < -0.39 is 0 Å². The maximum Gasteiger partial charge on any atom is 0 e. The summed E-state index contributed by atoms with van der Waals surface area (Å²) in [6, 6.07) is 18.8.